The Morgan fingerprint density at radius 2 is 1.93 bits per heavy atom. The van der Waals surface area contributed by atoms with Gasteiger partial charge in [0.15, 0.2) is 16.7 Å². The van der Waals surface area contributed by atoms with Gasteiger partial charge in [0.2, 0.25) is 0 Å². The van der Waals surface area contributed by atoms with Gasteiger partial charge in [0.05, 0.1) is 15.1 Å². The number of fused-ring (bicyclic) bond motifs is 1. The number of carbonyl (C=O) groups excluding carboxylic acids is 1. The lowest BCUT2D eigenvalue weighted by molar-refractivity contribution is -0.113. The van der Waals surface area contributed by atoms with E-state index in [-0.39, 0.29) is 11.1 Å². The maximum atomic E-state index is 11.9. The minimum atomic E-state index is -0.318. The lowest BCUT2D eigenvalue weighted by Gasteiger charge is -2.16. The summed E-state index contributed by atoms with van der Waals surface area (Å²) in [6, 6.07) is 18.3. The second kappa shape index (κ2) is 9.09. The Morgan fingerprint density at radius 3 is 2.70 bits per heavy atom. The highest BCUT2D eigenvalue weighted by molar-refractivity contribution is 14.1. The van der Waals surface area contributed by atoms with Crippen LogP contribution >= 0.6 is 34.4 Å². The van der Waals surface area contributed by atoms with E-state index in [1.807, 2.05) is 37.3 Å². The van der Waals surface area contributed by atoms with Crippen molar-refractivity contribution in [3.63, 3.8) is 0 Å². The van der Waals surface area contributed by atoms with E-state index >= 15 is 0 Å². The first kappa shape index (κ1) is 20.7. The highest BCUT2D eigenvalue weighted by atomic mass is 127. The number of halogens is 1. The number of nitrogens with zero attached hydrogens (tertiary/aromatic N) is 1. The molecule has 1 aliphatic rings. The monoisotopic (exact) mass is 530 g/mol. The van der Waals surface area contributed by atoms with Gasteiger partial charge in [0.1, 0.15) is 6.61 Å². The van der Waals surface area contributed by atoms with Crippen LogP contribution in [0.4, 0.5) is 0 Å². The molecule has 0 fully saturated rings. The molecule has 0 spiro atoms. The molecule has 0 bridgehead atoms. The average molecular weight is 530 g/mol. The van der Waals surface area contributed by atoms with Crippen LogP contribution in [0.25, 0.3) is 16.8 Å². The smallest absolute Gasteiger partial charge is 0.286 e. The van der Waals surface area contributed by atoms with Crippen molar-refractivity contribution in [3.8, 4) is 11.5 Å². The molecule has 4 rings (SSSR count). The van der Waals surface area contributed by atoms with Crippen molar-refractivity contribution in [2.75, 3.05) is 6.61 Å². The summed E-state index contributed by atoms with van der Waals surface area (Å²) in [7, 11) is 0. The van der Waals surface area contributed by atoms with Crippen molar-refractivity contribution in [2.45, 2.75) is 13.5 Å². The van der Waals surface area contributed by atoms with Gasteiger partial charge in [-0.25, -0.2) is 0 Å². The minimum absolute atomic E-state index is 0.265. The van der Waals surface area contributed by atoms with E-state index in [2.05, 4.69) is 51.8 Å². The van der Waals surface area contributed by atoms with Gasteiger partial charge in [-0.1, -0.05) is 42.5 Å². The van der Waals surface area contributed by atoms with Crippen LogP contribution in [-0.4, -0.2) is 17.7 Å². The fraction of sp³-hybridized carbons (Fsp3) is 0.130. The van der Waals surface area contributed by atoms with Crippen molar-refractivity contribution in [1.82, 2.24) is 0 Å². The van der Waals surface area contributed by atoms with Gasteiger partial charge in [-0.15, -0.1) is 0 Å². The molecular formula is C23H19IN2O3S. The van der Waals surface area contributed by atoms with Gasteiger partial charge >= 0.3 is 0 Å². The second-order valence-electron chi connectivity index (χ2n) is 6.56. The van der Waals surface area contributed by atoms with Gasteiger partial charge in [-0.2, -0.15) is 4.99 Å². The molecule has 1 amide bonds. The Kier molecular flexibility index (Phi) is 6.29. The van der Waals surface area contributed by atoms with Crippen LogP contribution in [0.1, 0.15) is 18.1 Å². The number of amides is 1. The predicted molar refractivity (Wildman–Crippen MR) is 131 cm³/mol. The van der Waals surface area contributed by atoms with Crippen LogP contribution < -0.4 is 15.2 Å². The van der Waals surface area contributed by atoms with Crippen LogP contribution in [0.3, 0.4) is 0 Å². The fourth-order valence-corrected chi connectivity index (χ4v) is 4.68. The standard InChI is InChI=1S/C23H19IN2O3S/c1-2-28-19-11-14(12-20-22(27)26-23(25)30-20)10-18(24)21(19)29-13-16-8-5-7-15-6-3-4-9-17(15)16/h3-12H,2,13H2,1H3,(H2,25,26,27). The van der Waals surface area contributed by atoms with E-state index < -0.39 is 0 Å². The maximum absolute atomic E-state index is 11.9. The number of thioether (sulfide) groups is 1. The fourth-order valence-electron chi connectivity index (χ4n) is 3.22. The van der Waals surface area contributed by atoms with E-state index in [0.717, 1.165) is 14.7 Å². The average Bonchev–Trinajstić information content (AvgIpc) is 3.04. The molecule has 3 aromatic rings. The zero-order chi connectivity index (χ0) is 21.1. The summed E-state index contributed by atoms with van der Waals surface area (Å²) >= 11 is 3.40. The number of ether oxygens (including phenoxy) is 2. The normalized spacial score (nSPS) is 14.9. The first-order valence-electron chi connectivity index (χ1n) is 9.39. The van der Waals surface area contributed by atoms with Crippen LogP contribution in [-0.2, 0) is 11.4 Å². The number of nitrogens with two attached hydrogens (primary N) is 1. The molecule has 0 saturated carbocycles. The van der Waals surface area contributed by atoms with Gasteiger partial charge in [-0.05, 0) is 81.4 Å². The van der Waals surface area contributed by atoms with Gasteiger partial charge < -0.3 is 15.2 Å². The number of aliphatic imine (C=N–C) groups is 1. The van der Waals surface area contributed by atoms with Crippen LogP contribution in [0, 0.1) is 3.57 Å². The summed E-state index contributed by atoms with van der Waals surface area (Å²) in [5, 5.41) is 2.62. The molecule has 1 heterocycles. The van der Waals surface area contributed by atoms with Crippen molar-refractivity contribution >= 4 is 62.3 Å². The summed E-state index contributed by atoms with van der Waals surface area (Å²) in [6.45, 7) is 2.86. The van der Waals surface area contributed by atoms with Crippen molar-refractivity contribution < 1.29 is 14.3 Å². The van der Waals surface area contributed by atoms with E-state index in [1.165, 1.54) is 22.5 Å². The molecule has 0 atom stereocenters. The highest BCUT2D eigenvalue weighted by Crippen LogP contribution is 2.37. The third-order valence-electron chi connectivity index (χ3n) is 4.52. The zero-order valence-electron chi connectivity index (χ0n) is 16.2. The molecule has 0 aliphatic carbocycles. The van der Waals surface area contributed by atoms with Crippen LogP contribution in [0.15, 0.2) is 64.5 Å². The Labute approximate surface area is 192 Å². The van der Waals surface area contributed by atoms with Gasteiger partial charge in [0, 0.05) is 0 Å². The molecule has 2 N–H and O–H groups in total. The Morgan fingerprint density at radius 1 is 1.13 bits per heavy atom. The van der Waals surface area contributed by atoms with Gasteiger partial charge in [-0.3, -0.25) is 4.79 Å². The van der Waals surface area contributed by atoms with Crippen LogP contribution in [0.2, 0.25) is 0 Å². The minimum Gasteiger partial charge on any atom is -0.490 e. The molecule has 0 radical (unpaired) electrons. The number of amidine groups is 1. The predicted octanol–water partition coefficient (Wildman–Crippen LogP) is 5.35. The van der Waals surface area contributed by atoms with E-state index in [0.29, 0.717) is 29.6 Å². The van der Waals surface area contributed by atoms with E-state index in [1.54, 1.807) is 6.08 Å². The molecule has 0 unspecified atom stereocenters. The largest absolute Gasteiger partial charge is 0.490 e. The summed E-state index contributed by atoms with van der Waals surface area (Å²) < 4.78 is 13.0. The first-order valence-corrected chi connectivity index (χ1v) is 11.3. The summed E-state index contributed by atoms with van der Waals surface area (Å²) in [6.07, 6.45) is 1.77. The number of hydrogen-bond donors (Lipinski definition) is 1. The number of carbonyl (C=O) groups is 1. The number of hydrogen-bond acceptors (Lipinski definition) is 5. The van der Waals surface area contributed by atoms with Crippen molar-refractivity contribution in [1.29, 1.82) is 0 Å². The first-order chi connectivity index (χ1) is 14.5. The Balaban J connectivity index is 1.63. The summed E-state index contributed by atoms with van der Waals surface area (Å²) in [4.78, 5) is 16.1. The van der Waals surface area contributed by atoms with Crippen LogP contribution in [0.5, 0.6) is 11.5 Å². The second-order valence-corrected chi connectivity index (χ2v) is 8.78. The van der Waals surface area contributed by atoms with Crippen molar-refractivity contribution in [3.05, 3.63) is 74.2 Å². The molecule has 0 aromatic heterocycles. The van der Waals surface area contributed by atoms with Gasteiger partial charge in [0.25, 0.3) is 5.91 Å². The summed E-state index contributed by atoms with van der Waals surface area (Å²) in [5.74, 6) is 1.01. The lowest BCUT2D eigenvalue weighted by Crippen LogP contribution is -2.02. The number of rotatable bonds is 6. The molecular weight excluding hydrogens is 511 g/mol. The van der Waals surface area contributed by atoms with E-state index in [4.69, 9.17) is 15.2 Å². The third-order valence-corrected chi connectivity index (χ3v) is 6.13. The maximum Gasteiger partial charge on any atom is 0.286 e. The third kappa shape index (κ3) is 4.46. The number of benzene rings is 3. The molecule has 30 heavy (non-hydrogen) atoms. The SMILES string of the molecule is CCOc1cc(C=C2SC(N)=NC2=O)cc(I)c1OCc1cccc2ccccc12. The Hall–Kier alpha value is -2.52. The highest BCUT2D eigenvalue weighted by Gasteiger charge is 2.20. The lowest BCUT2D eigenvalue weighted by atomic mass is 10.1. The van der Waals surface area contributed by atoms with E-state index in [9.17, 15) is 4.79 Å². The molecule has 152 valence electrons. The quantitative estimate of drug-likeness (QED) is 0.344. The molecule has 0 saturated heterocycles. The Bertz CT molecular complexity index is 1190. The molecule has 3 aromatic carbocycles. The topological polar surface area (TPSA) is 73.9 Å². The summed E-state index contributed by atoms with van der Waals surface area (Å²) in [5.41, 5.74) is 7.58. The van der Waals surface area contributed by atoms with Crippen molar-refractivity contribution in [2.24, 2.45) is 10.7 Å². The zero-order valence-corrected chi connectivity index (χ0v) is 19.2. The molecule has 1 aliphatic heterocycles. The molecule has 7 heteroatoms. The molecule has 5 nitrogen and oxygen atoms in total.